The Hall–Kier alpha value is -2.34. The summed E-state index contributed by atoms with van der Waals surface area (Å²) in [5.41, 5.74) is 1.33. The first kappa shape index (κ1) is 18.0. The quantitative estimate of drug-likeness (QED) is 0.342. The number of benzene rings is 4. The van der Waals surface area contributed by atoms with Gasteiger partial charge < -0.3 is 0 Å². The molecule has 0 saturated heterocycles. The van der Waals surface area contributed by atoms with Gasteiger partial charge in [-0.1, -0.05) is 66.7 Å². The molecule has 0 fully saturated rings. The third-order valence-electron chi connectivity index (χ3n) is 4.92. The van der Waals surface area contributed by atoms with Crippen LogP contribution in [0.3, 0.4) is 0 Å². The van der Waals surface area contributed by atoms with Crippen molar-refractivity contribution in [3.63, 3.8) is 0 Å². The van der Waals surface area contributed by atoms with Gasteiger partial charge in [-0.2, -0.15) is 0 Å². The van der Waals surface area contributed by atoms with Crippen LogP contribution < -0.4 is 15.9 Å². The molecule has 4 aromatic carbocycles. The molecule has 0 heterocycles. The van der Waals surface area contributed by atoms with E-state index in [0.717, 1.165) is 11.1 Å². The third kappa shape index (κ3) is 3.72. The summed E-state index contributed by atoms with van der Waals surface area (Å²) in [6.45, 7) is 0. The van der Waals surface area contributed by atoms with E-state index in [1.165, 1.54) is 21.5 Å². The van der Waals surface area contributed by atoms with Crippen LogP contribution in [0.4, 0.5) is 0 Å². The summed E-state index contributed by atoms with van der Waals surface area (Å²) in [6.07, 6.45) is 0.986. The number of hydrogen-bond donors (Lipinski definition) is 1. The molecule has 4 aromatic rings. The second-order valence-corrected chi connectivity index (χ2v) is 10.6. The van der Waals surface area contributed by atoms with E-state index < -0.39 is 7.26 Å². The van der Waals surface area contributed by atoms with Crippen molar-refractivity contribution >= 4 is 35.8 Å². The average Bonchev–Trinajstić information content (AvgIpc) is 2.74. The highest BCUT2D eigenvalue weighted by Gasteiger charge is 2.45. The van der Waals surface area contributed by atoms with Crippen LogP contribution in [-0.4, -0.2) is 0 Å². The monoisotopic (exact) mass is 385 g/mol. The van der Waals surface area contributed by atoms with Crippen molar-refractivity contribution in [1.82, 2.24) is 0 Å². The Morgan fingerprint density at radius 3 is 1.37 bits per heavy atom. The lowest BCUT2D eigenvalue weighted by atomic mass is 10.2. The maximum atomic E-state index is 4.58. The van der Waals surface area contributed by atoms with E-state index in [0.29, 0.717) is 0 Å². The topological polar surface area (TPSA) is 0 Å². The maximum absolute atomic E-state index is 4.58. The van der Waals surface area contributed by atoms with Crippen molar-refractivity contribution in [3.05, 3.63) is 121 Å². The molecule has 0 bridgehead atoms. The fourth-order valence-electron chi connectivity index (χ4n) is 3.70. The lowest BCUT2D eigenvalue weighted by Crippen LogP contribution is -2.32. The van der Waals surface area contributed by atoms with Crippen LogP contribution in [0, 0.1) is 0 Å². The number of rotatable bonds is 5. The molecule has 0 N–H and O–H groups in total. The number of thiol groups is 1. The molecular formula is C25H22PS+. The maximum Gasteiger partial charge on any atom is 0.116 e. The summed E-state index contributed by atoms with van der Waals surface area (Å²) in [6, 6.07) is 41.6. The van der Waals surface area contributed by atoms with Gasteiger partial charge in [0, 0.05) is 4.90 Å². The van der Waals surface area contributed by atoms with Crippen LogP contribution in [0.2, 0.25) is 0 Å². The van der Waals surface area contributed by atoms with Gasteiger partial charge in [0.15, 0.2) is 0 Å². The molecule has 0 unspecified atom stereocenters. The highest BCUT2D eigenvalue weighted by molar-refractivity contribution is 7.95. The van der Waals surface area contributed by atoms with Crippen LogP contribution in [0.1, 0.15) is 5.56 Å². The van der Waals surface area contributed by atoms with Gasteiger partial charge in [0.05, 0.1) is 6.16 Å². The van der Waals surface area contributed by atoms with Gasteiger partial charge in [-0.25, -0.2) is 0 Å². The lowest BCUT2D eigenvalue weighted by molar-refractivity contribution is 1.32. The van der Waals surface area contributed by atoms with E-state index in [9.17, 15) is 0 Å². The minimum absolute atomic E-state index is 0.986. The second kappa shape index (κ2) is 8.13. The molecule has 0 atom stereocenters. The summed E-state index contributed by atoms with van der Waals surface area (Å²) in [4.78, 5) is 1.01. The summed E-state index contributed by atoms with van der Waals surface area (Å²) < 4.78 is 0. The highest BCUT2D eigenvalue weighted by Crippen LogP contribution is 2.58. The van der Waals surface area contributed by atoms with Gasteiger partial charge in [-0.15, -0.1) is 12.6 Å². The molecule has 4 rings (SSSR count). The van der Waals surface area contributed by atoms with Crippen LogP contribution in [0.5, 0.6) is 0 Å². The number of hydrogen-bond acceptors (Lipinski definition) is 1. The van der Waals surface area contributed by atoms with Crippen LogP contribution >= 0.6 is 19.9 Å². The third-order valence-corrected chi connectivity index (χ3v) is 9.58. The van der Waals surface area contributed by atoms with Crippen LogP contribution in [-0.2, 0) is 6.16 Å². The molecular weight excluding hydrogens is 363 g/mol. The van der Waals surface area contributed by atoms with E-state index in [2.05, 4.69) is 122 Å². The van der Waals surface area contributed by atoms with Crippen molar-refractivity contribution in [1.29, 1.82) is 0 Å². The molecule has 27 heavy (non-hydrogen) atoms. The molecule has 0 saturated carbocycles. The first-order valence-corrected chi connectivity index (χ1v) is 11.5. The minimum atomic E-state index is -1.83. The SMILES string of the molecule is Sc1cccc(C[P+](c2ccccc2)(c2ccccc2)c2ccccc2)c1. The molecule has 2 heteroatoms. The van der Waals surface area contributed by atoms with Crippen molar-refractivity contribution in [2.45, 2.75) is 11.1 Å². The van der Waals surface area contributed by atoms with Gasteiger partial charge in [-0.3, -0.25) is 0 Å². The van der Waals surface area contributed by atoms with Crippen molar-refractivity contribution in [2.75, 3.05) is 0 Å². The van der Waals surface area contributed by atoms with Crippen molar-refractivity contribution < 1.29 is 0 Å². The summed E-state index contributed by atoms with van der Waals surface area (Å²) >= 11 is 4.58. The van der Waals surface area contributed by atoms with Crippen molar-refractivity contribution in [2.24, 2.45) is 0 Å². The second-order valence-electron chi connectivity index (χ2n) is 6.64. The fraction of sp³-hybridized carbons (Fsp3) is 0.0400. The van der Waals surface area contributed by atoms with E-state index in [1.54, 1.807) is 0 Å². The first-order valence-electron chi connectivity index (χ1n) is 9.12. The highest BCUT2D eigenvalue weighted by atomic mass is 32.1. The zero-order chi connectivity index (χ0) is 18.5. The fourth-order valence-corrected chi connectivity index (χ4v) is 8.18. The molecule has 0 amide bonds. The smallest absolute Gasteiger partial charge is 0.116 e. The predicted molar refractivity (Wildman–Crippen MR) is 123 cm³/mol. The van der Waals surface area contributed by atoms with Crippen LogP contribution in [0.25, 0.3) is 0 Å². The van der Waals surface area contributed by atoms with Crippen LogP contribution in [0.15, 0.2) is 120 Å². The van der Waals surface area contributed by atoms with Gasteiger partial charge in [0.2, 0.25) is 0 Å². The minimum Gasteiger partial charge on any atom is -0.143 e. The average molecular weight is 385 g/mol. The van der Waals surface area contributed by atoms with Gasteiger partial charge in [0.1, 0.15) is 23.2 Å². The summed E-state index contributed by atoms with van der Waals surface area (Å²) in [5.74, 6) is 0. The molecule has 0 aliphatic rings. The zero-order valence-electron chi connectivity index (χ0n) is 15.1. The molecule has 0 nitrogen and oxygen atoms in total. The van der Waals surface area contributed by atoms with E-state index in [1.807, 2.05) is 6.07 Å². The lowest BCUT2D eigenvalue weighted by Gasteiger charge is -2.28. The zero-order valence-corrected chi connectivity index (χ0v) is 16.9. The normalized spacial score (nSPS) is 11.3. The summed E-state index contributed by atoms with van der Waals surface area (Å²) in [5, 5.41) is 4.23. The van der Waals surface area contributed by atoms with Crippen molar-refractivity contribution in [3.8, 4) is 0 Å². The Morgan fingerprint density at radius 2 is 0.963 bits per heavy atom. The molecule has 132 valence electrons. The Labute approximate surface area is 167 Å². The van der Waals surface area contributed by atoms with E-state index in [-0.39, 0.29) is 0 Å². The van der Waals surface area contributed by atoms with Gasteiger partial charge in [0.25, 0.3) is 0 Å². The summed E-state index contributed by atoms with van der Waals surface area (Å²) in [7, 11) is -1.83. The van der Waals surface area contributed by atoms with E-state index in [4.69, 9.17) is 0 Å². The predicted octanol–water partition coefficient (Wildman–Crippen LogP) is 5.47. The Bertz CT molecular complexity index is 901. The largest absolute Gasteiger partial charge is 0.143 e. The van der Waals surface area contributed by atoms with Gasteiger partial charge >= 0.3 is 0 Å². The Morgan fingerprint density at radius 1 is 0.519 bits per heavy atom. The Balaban J connectivity index is 2.00. The molecule has 0 spiro atoms. The first-order chi connectivity index (χ1) is 13.3. The standard InChI is InChI=1S/C25H21PS/c27-25-18-10-11-21(19-25)20-26(22-12-4-1-5-13-22,23-14-6-2-7-15-23)24-16-8-3-9-17-24/h1-19H,20H2/p+1. The molecule has 0 aromatic heterocycles. The molecule has 0 aliphatic carbocycles. The molecule has 0 aliphatic heterocycles. The van der Waals surface area contributed by atoms with Gasteiger partial charge in [-0.05, 0) is 54.1 Å². The van der Waals surface area contributed by atoms with E-state index >= 15 is 0 Å². The Kier molecular flexibility index (Phi) is 5.43. The molecule has 0 radical (unpaired) electrons.